The standard InChI is InChI=1S/C13H7F5I4O5S/c1-3(2)4-6(19)8(21)5(9(22)7(4)20)10(23)27-11(12(14,15)16)13(17,18)28(24,25)26/h11H,1H2,2H3,(H,24,25,26). The van der Waals surface area contributed by atoms with Crippen LogP contribution >= 0.6 is 90.4 Å². The molecule has 1 unspecified atom stereocenters. The first kappa shape index (κ1) is 26.9. The number of benzene rings is 1. The lowest BCUT2D eigenvalue weighted by atomic mass is 10.1. The van der Waals surface area contributed by atoms with E-state index < -0.39 is 39.2 Å². The van der Waals surface area contributed by atoms with Crippen LogP contribution in [0.15, 0.2) is 6.58 Å². The minimum absolute atomic E-state index is 0.113. The lowest BCUT2D eigenvalue weighted by molar-refractivity contribution is -0.248. The third-order valence-electron chi connectivity index (χ3n) is 3.07. The molecule has 1 N–H and O–H groups in total. The Kier molecular flexibility index (Phi) is 8.84. The van der Waals surface area contributed by atoms with Crippen LogP contribution in [0.25, 0.3) is 5.57 Å². The molecule has 28 heavy (non-hydrogen) atoms. The van der Waals surface area contributed by atoms with E-state index >= 15 is 0 Å². The van der Waals surface area contributed by atoms with Gasteiger partial charge in [-0.2, -0.15) is 30.4 Å². The fourth-order valence-electron chi connectivity index (χ4n) is 1.81. The summed E-state index contributed by atoms with van der Waals surface area (Å²) in [5.41, 5.74) is 0.762. The van der Waals surface area contributed by atoms with Gasteiger partial charge in [0.15, 0.2) is 0 Å². The Morgan fingerprint density at radius 2 is 1.36 bits per heavy atom. The highest BCUT2D eigenvalue weighted by Gasteiger charge is 2.66. The molecule has 0 bridgehead atoms. The van der Waals surface area contributed by atoms with E-state index in [0.717, 1.165) is 0 Å². The zero-order chi connectivity index (χ0) is 22.4. The predicted molar refractivity (Wildman–Crippen MR) is 124 cm³/mol. The largest absolute Gasteiger partial charge is 0.441 e. The van der Waals surface area contributed by atoms with E-state index in [-0.39, 0.29) is 7.14 Å². The van der Waals surface area contributed by atoms with Gasteiger partial charge in [0, 0.05) is 19.8 Å². The lowest BCUT2D eigenvalue weighted by Gasteiger charge is -2.26. The predicted octanol–water partition coefficient (Wildman–Crippen LogP) is 5.71. The van der Waals surface area contributed by atoms with Gasteiger partial charge in [0.1, 0.15) is 0 Å². The summed E-state index contributed by atoms with van der Waals surface area (Å²) >= 11 is 6.88. The highest BCUT2D eigenvalue weighted by atomic mass is 127. The average molecular weight is 878 g/mol. The maximum absolute atomic E-state index is 13.6. The molecule has 1 aromatic carbocycles. The van der Waals surface area contributed by atoms with Gasteiger partial charge < -0.3 is 4.74 Å². The van der Waals surface area contributed by atoms with Crippen LogP contribution in [-0.2, 0) is 14.9 Å². The fourth-order valence-corrected chi connectivity index (χ4v) is 6.82. The van der Waals surface area contributed by atoms with Crippen molar-refractivity contribution in [2.45, 2.75) is 24.5 Å². The molecule has 0 saturated heterocycles. The first-order valence-corrected chi connectivity index (χ1v) is 12.3. The zero-order valence-electron chi connectivity index (χ0n) is 13.2. The summed E-state index contributed by atoms with van der Waals surface area (Å²) in [6.07, 6.45) is -10.4. The van der Waals surface area contributed by atoms with Crippen molar-refractivity contribution < 1.29 is 44.5 Å². The Bertz CT molecular complexity index is 917. The molecule has 1 aromatic rings. The zero-order valence-corrected chi connectivity index (χ0v) is 22.6. The monoisotopic (exact) mass is 878 g/mol. The molecule has 0 amide bonds. The second-order valence-electron chi connectivity index (χ2n) is 5.15. The number of carbonyl (C=O) groups excluding carboxylic acids is 1. The number of allylic oxidation sites excluding steroid dienone is 1. The third-order valence-corrected chi connectivity index (χ3v) is 10.3. The van der Waals surface area contributed by atoms with E-state index in [1.807, 2.05) is 45.2 Å². The number of esters is 1. The molecule has 158 valence electrons. The van der Waals surface area contributed by atoms with Crippen LogP contribution in [0.3, 0.4) is 0 Å². The summed E-state index contributed by atoms with van der Waals surface area (Å²) in [5, 5.41) is -5.80. The average Bonchev–Trinajstić information content (AvgIpc) is 2.48. The van der Waals surface area contributed by atoms with Crippen LogP contribution in [0.5, 0.6) is 0 Å². The van der Waals surface area contributed by atoms with Gasteiger partial charge in [-0.3, -0.25) is 4.55 Å². The molecule has 1 atom stereocenters. The van der Waals surface area contributed by atoms with Crippen molar-refractivity contribution in [3.8, 4) is 0 Å². The van der Waals surface area contributed by atoms with Crippen LogP contribution in [0, 0.1) is 14.3 Å². The quantitative estimate of drug-likeness (QED) is 0.135. The molecule has 0 radical (unpaired) electrons. The molecule has 0 aliphatic carbocycles. The number of alkyl halides is 5. The summed E-state index contributed by atoms with van der Waals surface area (Å²) in [7, 11) is -6.52. The van der Waals surface area contributed by atoms with Crippen LogP contribution in [0.1, 0.15) is 22.8 Å². The number of hydrogen-bond acceptors (Lipinski definition) is 4. The van der Waals surface area contributed by atoms with E-state index in [1.165, 1.54) is 0 Å². The first-order chi connectivity index (χ1) is 12.4. The van der Waals surface area contributed by atoms with Crippen LogP contribution in [-0.4, -0.2) is 36.5 Å². The number of halogens is 9. The van der Waals surface area contributed by atoms with Gasteiger partial charge in [0.05, 0.1) is 5.56 Å². The topological polar surface area (TPSA) is 80.7 Å². The summed E-state index contributed by atoms with van der Waals surface area (Å²) in [6.45, 7) is 5.43. The normalized spacial score (nSPS) is 14.0. The summed E-state index contributed by atoms with van der Waals surface area (Å²) in [6, 6.07) is 0. The molecule has 0 heterocycles. The number of hydrogen-bond donors (Lipinski definition) is 1. The van der Waals surface area contributed by atoms with Gasteiger partial charge in [0.25, 0.3) is 6.10 Å². The van der Waals surface area contributed by atoms with Gasteiger partial charge in [0.2, 0.25) is 0 Å². The molecule has 0 aromatic heterocycles. The minimum Gasteiger partial charge on any atom is -0.441 e. The van der Waals surface area contributed by atoms with Gasteiger partial charge in [-0.1, -0.05) is 6.58 Å². The molecule has 0 aliphatic rings. The Balaban J connectivity index is 3.60. The molecule has 0 spiro atoms. The molecule has 0 saturated carbocycles. The molecule has 5 nitrogen and oxygen atoms in total. The number of ether oxygens (including phenoxy) is 1. The van der Waals surface area contributed by atoms with Crippen molar-refractivity contribution in [1.82, 2.24) is 0 Å². The smallest absolute Gasteiger partial charge is 0.432 e. The van der Waals surface area contributed by atoms with E-state index in [1.54, 1.807) is 52.1 Å². The summed E-state index contributed by atoms with van der Waals surface area (Å²) < 4.78 is 101. The van der Waals surface area contributed by atoms with E-state index in [9.17, 15) is 35.2 Å². The van der Waals surface area contributed by atoms with E-state index in [4.69, 9.17) is 4.55 Å². The van der Waals surface area contributed by atoms with Crippen LogP contribution in [0.2, 0.25) is 0 Å². The minimum atomic E-state index is -6.52. The highest BCUT2D eigenvalue weighted by Crippen LogP contribution is 2.40. The highest BCUT2D eigenvalue weighted by molar-refractivity contribution is 14.1. The van der Waals surface area contributed by atoms with Gasteiger partial charge >= 0.3 is 27.5 Å². The molecular formula is C13H7F5I4O5S. The molecule has 0 aliphatic heterocycles. The van der Waals surface area contributed by atoms with Gasteiger partial charge in [-0.25, -0.2) is 4.79 Å². The molecule has 0 fully saturated rings. The maximum atomic E-state index is 13.6. The van der Waals surface area contributed by atoms with Crippen molar-refractivity contribution in [3.63, 3.8) is 0 Å². The van der Waals surface area contributed by atoms with Crippen molar-refractivity contribution in [1.29, 1.82) is 0 Å². The Morgan fingerprint density at radius 1 is 1.00 bits per heavy atom. The van der Waals surface area contributed by atoms with Crippen molar-refractivity contribution in [2.24, 2.45) is 0 Å². The Morgan fingerprint density at radius 3 is 1.64 bits per heavy atom. The van der Waals surface area contributed by atoms with Crippen LogP contribution in [0.4, 0.5) is 22.0 Å². The lowest BCUT2D eigenvalue weighted by Crippen LogP contribution is -2.52. The Hall–Kier alpha value is 0.910. The van der Waals surface area contributed by atoms with Gasteiger partial charge in [-0.05, 0) is 103 Å². The summed E-state index contributed by atoms with van der Waals surface area (Å²) in [5.74, 6) is -1.82. The van der Waals surface area contributed by atoms with Crippen molar-refractivity contribution in [3.05, 3.63) is 32.0 Å². The molecule has 1 rings (SSSR count). The molecule has 15 heteroatoms. The fraction of sp³-hybridized carbons (Fsp3) is 0.308. The second-order valence-corrected chi connectivity index (χ2v) is 11.0. The third kappa shape index (κ3) is 5.39. The van der Waals surface area contributed by atoms with Crippen molar-refractivity contribution in [2.75, 3.05) is 0 Å². The Labute approximate surface area is 210 Å². The second kappa shape index (κ2) is 9.18. The van der Waals surface area contributed by atoms with E-state index in [0.29, 0.717) is 18.3 Å². The number of rotatable bonds is 5. The van der Waals surface area contributed by atoms with Gasteiger partial charge in [-0.15, -0.1) is 0 Å². The number of carbonyl (C=O) groups is 1. The molecular weight excluding hydrogens is 871 g/mol. The van der Waals surface area contributed by atoms with Crippen LogP contribution < -0.4 is 0 Å². The summed E-state index contributed by atoms with van der Waals surface area (Å²) in [4.78, 5) is 12.3. The first-order valence-electron chi connectivity index (χ1n) is 6.50. The van der Waals surface area contributed by atoms with Crippen molar-refractivity contribution >= 4 is 112 Å². The SMILES string of the molecule is C=C(C)c1c(I)c(I)c(C(=O)OC(C(F)(F)F)C(F)(F)S(=O)(=O)O)c(I)c1I. The maximum Gasteiger partial charge on any atom is 0.432 e. The van der Waals surface area contributed by atoms with E-state index in [2.05, 4.69) is 11.3 Å².